The molecule has 2 aromatic heterocycles. The van der Waals surface area contributed by atoms with Crippen LogP contribution in [0.1, 0.15) is 28.0 Å². The number of hydrogen-bond donors (Lipinski definition) is 3. The van der Waals surface area contributed by atoms with Crippen LogP contribution in [0.15, 0.2) is 89.2 Å². The fraction of sp³-hybridized carbons (Fsp3) is 0.160. The number of nitrogens with zero attached hydrogens (tertiary/aromatic N) is 3. The number of nitrogens with one attached hydrogen (secondary N) is 2. The van der Waals surface area contributed by atoms with Gasteiger partial charge in [-0.05, 0) is 30.3 Å². The predicted octanol–water partition coefficient (Wildman–Crippen LogP) is 3.59. The first-order valence-electron chi connectivity index (χ1n) is 9.94. The van der Waals surface area contributed by atoms with E-state index in [9.17, 15) is 15.6 Å². The van der Waals surface area contributed by atoms with Crippen molar-refractivity contribution in [3.05, 3.63) is 105 Å². The fourth-order valence-electron chi connectivity index (χ4n) is 4.23. The molecule has 0 bridgehead atoms. The van der Waals surface area contributed by atoms with E-state index in [4.69, 9.17) is 5.41 Å². The summed E-state index contributed by atoms with van der Waals surface area (Å²) >= 11 is 1.48. The Morgan fingerprint density at radius 3 is 2.53 bits per heavy atom. The lowest BCUT2D eigenvalue weighted by atomic mass is 9.75. The maximum Gasteiger partial charge on any atom is 0.227 e. The molecule has 0 spiro atoms. The van der Waals surface area contributed by atoms with Crippen molar-refractivity contribution in [2.45, 2.75) is 24.6 Å². The normalized spacial score (nSPS) is 22.2. The van der Waals surface area contributed by atoms with Crippen LogP contribution in [0.2, 0.25) is 0 Å². The molecule has 7 heteroatoms. The standard InChI is InChI=1S/C25H20N5OS/c1-17-7-5-11-30(16-17)24-22(21-10-6-12-32-21)20(15-28)23(18(13-26)14-27)29-25(24,31)19-8-3-2-4-9-19/h2-12,16,22,24,26,29,31H,1H3/q+1/t22-,24-,25+/m1/s1. The summed E-state index contributed by atoms with van der Waals surface area (Å²) in [6.07, 6.45) is 3.80. The lowest BCUT2D eigenvalue weighted by Gasteiger charge is -2.42. The first kappa shape index (κ1) is 21.2. The van der Waals surface area contributed by atoms with Crippen LogP contribution in [0, 0.1) is 35.0 Å². The van der Waals surface area contributed by atoms with Crippen LogP contribution in [0.5, 0.6) is 0 Å². The summed E-state index contributed by atoms with van der Waals surface area (Å²) in [5.74, 6) is 1.56. The van der Waals surface area contributed by atoms with E-state index < -0.39 is 17.7 Å². The number of nitriles is 2. The summed E-state index contributed by atoms with van der Waals surface area (Å²) in [4.78, 5) is 0.871. The van der Waals surface area contributed by atoms with Gasteiger partial charge >= 0.3 is 0 Å². The molecule has 0 aliphatic carbocycles. The van der Waals surface area contributed by atoms with E-state index in [-0.39, 0.29) is 16.8 Å². The monoisotopic (exact) mass is 438 g/mol. The molecule has 0 saturated heterocycles. The molecule has 3 heterocycles. The molecule has 32 heavy (non-hydrogen) atoms. The van der Waals surface area contributed by atoms with Crippen LogP contribution in [0.4, 0.5) is 0 Å². The molecule has 0 radical (unpaired) electrons. The minimum absolute atomic E-state index is 0.124. The predicted molar refractivity (Wildman–Crippen MR) is 120 cm³/mol. The number of aliphatic hydroxyl groups is 1. The average molecular weight is 439 g/mol. The Bertz CT molecular complexity index is 1310. The molecule has 3 aromatic rings. The van der Waals surface area contributed by atoms with E-state index in [0.29, 0.717) is 5.56 Å². The summed E-state index contributed by atoms with van der Waals surface area (Å²) in [5.41, 5.74) is 0.173. The number of allylic oxidation sites excluding steroid dienone is 2. The third-order valence-electron chi connectivity index (χ3n) is 5.60. The second kappa shape index (κ2) is 8.63. The Hall–Kier alpha value is -4.00. The zero-order valence-electron chi connectivity index (χ0n) is 17.3. The Morgan fingerprint density at radius 1 is 1.16 bits per heavy atom. The van der Waals surface area contributed by atoms with Gasteiger partial charge in [-0.2, -0.15) is 15.1 Å². The highest BCUT2D eigenvalue weighted by atomic mass is 32.1. The Balaban J connectivity index is 2.10. The molecule has 156 valence electrons. The number of benzene rings is 1. The second-order valence-electron chi connectivity index (χ2n) is 7.54. The smallest absolute Gasteiger partial charge is 0.227 e. The molecule has 6 nitrogen and oxygen atoms in total. The molecule has 3 atom stereocenters. The van der Waals surface area contributed by atoms with Gasteiger partial charge in [0.05, 0.1) is 23.3 Å². The summed E-state index contributed by atoms with van der Waals surface area (Å²) in [6.45, 7) is 1.96. The van der Waals surface area contributed by atoms with Crippen molar-refractivity contribution in [3.8, 4) is 12.1 Å². The number of pyridine rings is 1. The maximum atomic E-state index is 12.3. The molecule has 4 rings (SSSR count). The first-order chi connectivity index (χ1) is 15.5. The van der Waals surface area contributed by atoms with E-state index >= 15 is 0 Å². The van der Waals surface area contributed by atoms with Gasteiger partial charge in [0.25, 0.3) is 0 Å². The van der Waals surface area contributed by atoms with Gasteiger partial charge < -0.3 is 10.4 Å². The minimum Gasteiger partial charge on any atom is -0.362 e. The third-order valence-corrected chi connectivity index (χ3v) is 6.56. The highest BCUT2D eigenvalue weighted by Crippen LogP contribution is 2.48. The topological polar surface area (TPSA) is 108 Å². The second-order valence-corrected chi connectivity index (χ2v) is 8.52. The van der Waals surface area contributed by atoms with Crippen molar-refractivity contribution < 1.29 is 9.67 Å². The van der Waals surface area contributed by atoms with Gasteiger partial charge in [-0.25, -0.2) is 0 Å². The molecule has 1 aliphatic heterocycles. The van der Waals surface area contributed by atoms with Gasteiger partial charge in [0.2, 0.25) is 11.8 Å². The van der Waals surface area contributed by atoms with Crippen molar-refractivity contribution in [3.63, 3.8) is 0 Å². The van der Waals surface area contributed by atoms with Crippen LogP contribution in [0.25, 0.3) is 0 Å². The van der Waals surface area contributed by atoms with Gasteiger partial charge in [0.1, 0.15) is 11.6 Å². The third kappa shape index (κ3) is 3.51. The summed E-state index contributed by atoms with van der Waals surface area (Å²) in [6, 6.07) is 20.3. The lowest BCUT2D eigenvalue weighted by Crippen LogP contribution is -2.62. The van der Waals surface area contributed by atoms with Crippen molar-refractivity contribution >= 4 is 17.2 Å². The van der Waals surface area contributed by atoms with E-state index in [1.807, 2.05) is 77.8 Å². The SMILES string of the molecule is Cc1ccc[n+]([C@@H]2[C@@H](c3cccs3)C(C#N)=C(C(=C=N)C#N)N[C@]2(O)c2ccccc2)c1. The molecule has 3 N–H and O–H groups in total. The molecule has 0 saturated carbocycles. The van der Waals surface area contributed by atoms with E-state index in [1.54, 1.807) is 12.1 Å². The molecule has 0 fully saturated rings. The summed E-state index contributed by atoms with van der Waals surface area (Å²) in [5, 5.41) is 44.7. The van der Waals surface area contributed by atoms with Crippen LogP contribution in [0.3, 0.4) is 0 Å². The zero-order chi connectivity index (χ0) is 22.7. The van der Waals surface area contributed by atoms with Crippen LogP contribution in [-0.4, -0.2) is 11.0 Å². The van der Waals surface area contributed by atoms with Gasteiger partial charge in [-0.3, -0.25) is 5.41 Å². The van der Waals surface area contributed by atoms with Gasteiger partial charge in [0, 0.05) is 22.1 Å². The van der Waals surface area contributed by atoms with Gasteiger partial charge in [0.15, 0.2) is 12.4 Å². The van der Waals surface area contributed by atoms with E-state index in [0.717, 1.165) is 10.4 Å². The van der Waals surface area contributed by atoms with Crippen molar-refractivity contribution in [1.82, 2.24) is 5.32 Å². The molecule has 0 unspecified atom stereocenters. The number of aryl methyl sites for hydroxylation is 1. The van der Waals surface area contributed by atoms with Crippen molar-refractivity contribution in [2.24, 2.45) is 0 Å². The highest BCUT2D eigenvalue weighted by molar-refractivity contribution is 7.10. The lowest BCUT2D eigenvalue weighted by molar-refractivity contribution is -0.744. The quantitative estimate of drug-likeness (QED) is 0.329. The number of thiophene rings is 1. The van der Waals surface area contributed by atoms with Crippen LogP contribution >= 0.6 is 11.3 Å². The molecular weight excluding hydrogens is 418 g/mol. The molecular formula is C25H20N5OS+. The highest BCUT2D eigenvalue weighted by Gasteiger charge is 2.56. The van der Waals surface area contributed by atoms with E-state index in [1.165, 1.54) is 11.3 Å². The molecule has 1 aromatic carbocycles. The first-order valence-corrected chi connectivity index (χ1v) is 10.8. The van der Waals surface area contributed by atoms with Crippen molar-refractivity contribution in [1.29, 1.82) is 15.9 Å². The van der Waals surface area contributed by atoms with Gasteiger partial charge in [-0.15, -0.1) is 11.3 Å². The Kier molecular flexibility index (Phi) is 5.73. The minimum atomic E-state index is -1.68. The van der Waals surface area contributed by atoms with Crippen LogP contribution < -0.4 is 9.88 Å². The number of hydrogen-bond acceptors (Lipinski definition) is 6. The largest absolute Gasteiger partial charge is 0.362 e. The Labute approximate surface area is 190 Å². The Morgan fingerprint density at radius 2 is 1.94 bits per heavy atom. The molecule has 1 aliphatic rings. The van der Waals surface area contributed by atoms with Crippen LogP contribution in [-0.2, 0) is 5.72 Å². The van der Waals surface area contributed by atoms with Crippen molar-refractivity contribution in [2.75, 3.05) is 0 Å². The van der Waals surface area contributed by atoms with E-state index in [2.05, 4.69) is 17.3 Å². The number of rotatable bonds is 4. The van der Waals surface area contributed by atoms with Gasteiger partial charge in [-0.1, -0.05) is 36.4 Å². The maximum absolute atomic E-state index is 12.3. The fourth-order valence-corrected chi connectivity index (χ4v) is 5.10. The average Bonchev–Trinajstić information content (AvgIpc) is 3.35. The summed E-state index contributed by atoms with van der Waals surface area (Å²) < 4.78 is 1.91. The number of aromatic nitrogens is 1. The summed E-state index contributed by atoms with van der Waals surface area (Å²) in [7, 11) is 0. The molecule has 0 amide bonds. The zero-order valence-corrected chi connectivity index (χ0v) is 18.1.